The molecule has 1 aliphatic carbocycles. The van der Waals surface area contributed by atoms with Gasteiger partial charge in [-0.3, -0.25) is 19.7 Å². The van der Waals surface area contributed by atoms with E-state index in [0.717, 1.165) is 18.4 Å². The van der Waals surface area contributed by atoms with E-state index >= 15 is 0 Å². The SMILES string of the molecule is O=C(/C=C/c1ccc(C(=O)NC2CC2)cc1)Nc1ccc([N+](=O)[O-])cc1. The Bertz CT molecular complexity index is 853. The zero-order chi connectivity index (χ0) is 18.5. The minimum atomic E-state index is -0.500. The smallest absolute Gasteiger partial charge is 0.269 e. The molecule has 0 unspecified atom stereocenters. The maximum absolute atomic E-state index is 11.9. The van der Waals surface area contributed by atoms with E-state index in [1.54, 1.807) is 30.3 Å². The van der Waals surface area contributed by atoms with Crippen molar-refractivity contribution in [3.05, 3.63) is 75.8 Å². The van der Waals surface area contributed by atoms with Crippen molar-refractivity contribution < 1.29 is 14.5 Å². The van der Waals surface area contributed by atoms with Crippen molar-refractivity contribution in [2.45, 2.75) is 18.9 Å². The first-order valence-electron chi connectivity index (χ1n) is 8.16. The first-order valence-corrected chi connectivity index (χ1v) is 8.16. The van der Waals surface area contributed by atoms with Gasteiger partial charge in [0.25, 0.3) is 11.6 Å². The van der Waals surface area contributed by atoms with Crippen molar-refractivity contribution in [2.24, 2.45) is 0 Å². The molecule has 1 fully saturated rings. The highest BCUT2D eigenvalue weighted by Crippen LogP contribution is 2.19. The molecule has 2 aromatic rings. The molecule has 132 valence electrons. The standard InChI is InChI=1S/C19H17N3O4/c23-18(20-15-8-10-17(11-9-15)22(25)26)12-3-13-1-4-14(5-2-13)19(24)21-16-6-7-16/h1-5,8-12,16H,6-7H2,(H,20,23)(H,21,24)/b12-3+. The number of rotatable bonds is 6. The predicted octanol–water partition coefficient (Wildman–Crippen LogP) is 3.14. The molecule has 0 bridgehead atoms. The molecule has 0 aliphatic heterocycles. The highest BCUT2D eigenvalue weighted by atomic mass is 16.6. The van der Waals surface area contributed by atoms with E-state index in [1.165, 1.54) is 30.3 Å². The van der Waals surface area contributed by atoms with Gasteiger partial charge in [-0.05, 0) is 48.7 Å². The summed E-state index contributed by atoms with van der Waals surface area (Å²) in [5.41, 5.74) is 1.80. The third kappa shape index (κ3) is 4.76. The van der Waals surface area contributed by atoms with E-state index in [4.69, 9.17) is 0 Å². The van der Waals surface area contributed by atoms with Crippen LogP contribution in [0.15, 0.2) is 54.6 Å². The number of non-ortho nitro benzene ring substituents is 1. The average Bonchev–Trinajstić information content (AvgIpc) is 3.45. The molecule has 1 saturated carbocycles. The molecular formula is C19H17N3O4. The number of benzene rings is 2. The van der Waals surface area contributed by atoms with E-state index in [-0.39, 0.29) is 17.5 Å². The number of carbonyl (C=O) groups is 2. The molecule has 1 aliphatic rings. The Morgan fingerprint density at radius 1 is 1.04 bits per heavy atom. The van der Waals surface area contributed by atoms with Crippen LogP contribution in [0.1, 0.15) is 28.8 Å². The summed E-state index contributed by atoms with van der Waals surface area (Å²) < 4.78 is 0. The van der Waals surface area contributed by atoms with Crippen LogP contribution in [0.25, 0.3) is 6.08 Å². The maximum atomic E-state index is 11.9. The molecule has 7 heteroatoms. The van der Waals surface area contributed by atoms with Crippen LogP contribution < -0.4 is 10.6 Å². The first-order chi connectivity index (χ1) is 12.5. The lowest BCUT2D eigenvalue weighted by molar-refractivity contribution is -0.384. The van der Waals surface area contributed by atoms with Gasteiger partial charge in [-0.25, -0.2) is 0 Å². The van der Waals surface area contributed by atoms with Gasteiger partial charge >= 0.3 is 0 Å². The van der Waals surface area contributed by atoms with Crippen molar-refractivity contribution >= 4 is 29.3 Å². The lowest BCUT2D eigenvalue weighted by Gasteiger charge is -2.03. The normalized spacial score (nSPS) is 13.4. The zero-order valence-electron chi connectivity index (χ0n) is 13.8. The minimum absolute atomic E-state index is 0.0376. The Kier molecular flexibility index (Phi) is 5.07. The lowest BCUT2D eigenvalue weighted by Crippen LogP contribution is -2.25. The lowest BCUT2D eigenvalue weighted by atomic mass is 10.1. The molecule has 0 radical (unpaired) electrons. The number of amides is 2. The van der Waals surface area contributed by atoms with Crippen LogP contribution in [0.3, 0.4) is 0 Å². The number of nitrogens with zero attached hydrogens (tertiary/aromatic N) is 1. The molecule has 26 heavy (non-hydrogen) atoms. The number of nitrogens with one attached hydrogen (secondary N) is 2. The maximum Gasteiger partial charge on any atom is 0.269 e. The van der Waals surface area contributed by atoms with Crippen molar-refractivity contribution in [1.29, 1.82) is 0 Å². The van der Waals surface area contributed by atoms with Crippen LogP contribution in [-0.2, 0) is 4.79 Å². The number of hydrogen-bond donors (Lipinski definition) is 2. The van der Waals surface area contributed by atoms with Gasteiger partial charge in [0.1, 0.15) is 0 Å². The number of anilines is 1. The number of nitro groups is 1. The van der Waals surface area contributed by atoms with Crippen molar-refractivity contribution in [3.8, 4) is 0 Å². The fraction of sp³-hybridized carbons (Fsp3) is 0.158. The second-order valence-electron chi connectivity index (χ2n) is 6.00. The van der Waals surface area contributed by atoms with Gasteiger partial charge in [0, 0.05) is 35.5 Å². The van der Waals surface area contributed by atoms with E-state index in [1.807, 2.05) is 0 Å². The van der Waals surface area contributed by atoms with Gasteiger partial charge < -0.3 is 10.6 Å². The molecule has 3 rings (SSSR count). The Balaban J connectivity index is 1.55. The van der Waals surface area contributed by atoms with Crippen LogP contribution in [0.2, 0.25) is 0 Å². The van der Waals surface area contributed by atoms with E-state index < -0.39 is 4.92 Å². The Labute approximate surface area is 149 Å². The summed E-state index contributed by atoms with van der Waals surface area (Å²) in [5.74, 6) is -0.437. The molecule has 0 heterocycles. The third-order valence-electron chi connectivity index (χ3n) is 3.86. The van der Waals surface area contributed by atoms with Crippen LogP contribution in [-0.4, -0.2) is 22.8 Å². The van der Waals surface area contributed by atoms with Crippen LogP contribution in [0.4, 0.5) is 11.4 Å². The molecule has 2 N–H and O–H groups in total. The summed E-state index contributed by atoms with van der Waals surface area (Å²) >= 11 is 0. The minimum Gasteiger partial charge on any atom is -0.349 e. The predicted molar refractivity (Wildman–Crippen MR) is 97.7 cm³/mol. The summed E-state index contributed by atoms with van der Waals surface area (Å²) in [6.07, 6.45) is 5.07. The highest BCUT2D eigenvalue weighted by Gasteiger charge is 2.23. The second kappa shape index (κ2) is 7.60. The molecule has 0 atom stereocenters. The quantitative estimate of drug-likeness (QED) is 0.474. The summed E-state index contributed by atoms with van der Waals surface area (Å²) in [7, 11) is 0. The molecule has 2 aromatic carbocycles. The second-order valence-corrected chi connectivity index (χ2v) is 6.00. The molecule has 0 aromatic heterocycles. The molecule has 2 amide bonds. The summed E-state index contributed by atoms with van der Waals surface area (Å²) in [6.45, 7) is 0. The fourth-order valence-corrected chi connectivity index (χ4v) is 2.26. The van der Waals surface area contributed by atoms with Crippen LogP contribution >= 0.6 is 0 Å². The average molecular weight is 351 g/mol. The van der Waals surface area contributed by atoms with Gasteiger partial charge in [0.2, 0.25) is 5.91 Å². The van der Waals surface area contributed by atoms with Crippen molar-refractivity contribution in [2.75, 3.05) is 5.32 Å². The summed E-state index contributed by atoms with van der Waals surface area (Å²) in [4.78, 5) is 33.9. The molecule has 7 nitrogen and oxygen atoms in total. The highest BCUT2D eigenvalue weighted by molar-refractivity contribution is 6.02. The number of nitro benzene ring substituents is 1. The van der Waals surface area contributed by atoms with Gasteiger partial charge in [-0.1, -0.05) is 12.1 Å². The zero-order valence-corrected chi connectivity index (χ0v) is 13.8. The number of hydrogen-bond acceptors (Lipinski definition) is 4. The first kappa shape index (κ1) is 17.3. The Hall–Kier alpha value is -3.48. The fourth-order valence-electron chi connectivity index (χ4n) is 2.26. The van der Waals surface area contributed by atoms with E-state index in [2.05, 4.69) is 10.6 Å². The van der Waals surface area contributed by atoms with Crippen LogP contribution in [0.5, 0.6) is 0 Å². The molecular weight excluding hydrogens is 334 g/mol. The van der Waals surface area contributed by atoms with Gasteiger partial charge in [0.05, 0.1) is 4.92 Å². The van der Waals surface area contributed by atoms with Crippen LogP contribution in [0, 0.1) is 10.1 Å². The third-order valence-corrected chi connectivity index (χ3v) is 3.86. The molecule has 0 saturated heterocycles. The van der Waals surface area contributed by atoms with Gasteiger partial charge in [0.15, 0.2) is 0 Å². The monoisotopic (exact) mass is 351 g/mol. The van der Waals surface area contributed by atoms with Gasteiger partial charge in [-0.2, -0.15) is 0 Å². The van der Waals surface area contributed by atoms with E-state index in [9.17, 15) is 19.7 Å². The van der Waals surface area contributed by atoms with Crippen molar-refractivity contribution in [1.82, 2.24) is 5.32 Å². The largest absolute Gasteiger partial charge is 0.349 e. The summed E-state index contributed by atoms with van der Waals surface area (Å²) in [5, 5.41) is 16.1. The summed E-state index contributed by atoms with van der Waals surface area (Å²) in [6, 6.07) is 12.8. The molecule has 0 spiro atoms. The number of carbonyl (C=O) groups excluding carboxylic acids is 2. The van der Waals surface area contributed by atoms with E-state index in [0.29, 0.717) is 17.3 Å². The van der Waals surface area contributed by atoms with Crippen molar-refractivity contribution in [3.63, 3.8) is 0 Å². The van der Waals surface area contributed by atoms with Gasteiger partial charge in [-0.15, -0.1) is 0 Å². The Morgan fingerprint density at radius 3 is 2.27 bits per heavy atom. The topological polar surface area (TPSA) is 101 Å². The Morgan fingerprint density at radius 2 is 1.69 bits per heavy atom.